The van der Waals surface area contributed by atoms with E-state index in [4.69, 9.17) is 5.73 Å². The van der Waals surface area contributed by atoms with E-state index in [9.17, 15) is 4.79 Å². The lowest BCUT2D eigenvalue weighted by Gasteiger charge is -1.83. The maximum absolute atomic E-state index is 10.2. The van der Waals surface area contributed by atoms with Crippen molar-refractivity contribution in [2.45, 2.75) is 0 Å². The van der Waals surface area contributed by atoms with E-state index in [1.54, 1.807) is 0 Å². The summed E-state index contributed by atoms with van der Waals surface area (Å²) in [6.45, 7) is 0. The summed E-state index contributed by atoms with van der Waals surface area (Å²) in [7, 11) is 0. The van der Waals surface area contributed by atoms with Crippen LogP contribution >= 0.6 is 0 Å². The quantitative estimate of drug-likeness (QED) is 0.442. The second-order valence-corrected chi connectivity index (χ2v) is 1.32. The fourth-order valence-electron chi connectivity index (χ4n) is 0.385. The lowest BCUT2D eigenvalue weighted by Crippen LogP contribution is -2.10. The predicted octanol–water partition coefficient (Wildman–Crippen LogP) is -0.648. The van der Waals surface area contributed by atoms with E-state index in [1.807, 2.05) is 0 Å². The van der Waals surface area contributed by atoms with Crippen molar-refractivity contribution >= 4 is 5.82 Å². The molecule has 8 heavy (non-hydrogen) atoms. The van der Waals surface area contributed by atoms with Gasteiger partial charge in [-0.1, -0.05) is 0 Å². The Labute approximate surface area is 45.4 Å². The van der Waals surface area contributed by atoms with Crippen LogP contribution in [-0.4, -0.2) is 9.97 Å². The standard InChI is InChI=1S/C4H5N3O/c5-3-1-2-6-4(8)7-3/h1-2H,(H3,5,6,7,8)/i3+1,4+1,5+1,6+1,7+1. The molecule has 1 aromatic heterocycles. The van der Waals surface area contributed by atoms with Crippen LogP contribution in [0.25, 0.3) is 0 Å². The van der Waals surface area contributed by atoms with Crippen molar-refractivity contribution < 1.29 is 0 Å². The molecule has 42 valence electrons. The van der Waals surface area contributed by atoms with E-state index in [0.717, 1.165) is 0 Å². The zero-order valence-corrected chi connectivity index (χ0v) is 4.09. The highest BCUT2D eigenvalue weighted by molar-refractivity contribution is 5.22. The van der Waals surface area contributed by atoms with Gasteiger partial charge < -0.3 is 10.7 Å². The van der Waals surface area contributed by atoms with Crippen LogP contribution in [0.4, 0.5) is 5.82 Å². The SMILES string of the molecule is [15NH2][13c]1cc[15nH][13c](=O)[15n]1. The van der Waals surface area contributed by atoms with Crippen LogP contribution in [0.5, 0.6) is 0 Å². The number of hydrogen-bond acceptors (Lipinski definition) is 3. The minimum atomic E-state index is -0.412. The van der Waals surface area contributed by atoms with E-state index in [0.29, 0.717) is 0 Å². The molecule has 0 aliphatic carbocycles. The second kappa shape index (κ2) is 1.65. The maximum Gasteiger partial charge on any atom is 0.346 e. The van der Waals surface area contributed by atoms with E-state index < -0.39 is 5.69 Å². The maximum atomic E-state index is 10.2. The van der Waals surface area contributed by atoms with Crippen LogP contribution in [0.15, 0.2) is 17.1 Å². The van der Waals surface area contributed by atoms with Gasteiger partial charge in [-0.25, -0.2) is 4.79 Å². The van der Waals surface area contributed by atoms with Crippen LogP contribution in [0.2, 0.25) is 0 Å². The van der Waals surface area contributed by atoms with Crippen LogP contribution in [0.3, 0.4) is 0 Å². The van der Waals surface area contributed by atoms with Crippen molar-refractivity contribution in [1.29, 1.82) is 0 Å². The molecule has 0 aliphatic heterocycles. The molecule has 0 aliphatic rings. The van der Waals surface area contributed by atoms with Crippen LogP contribution in [-0.2, 0) is 0 Å². The Morgan fingerprint density at radius 3 is 2.88 bits per heavy atom. The highest BCUT2D eigenvalue weighted by Gasteiger charge is 1.81. The number of nitrogens with two attached hydrogens (primary N) is 1. The molecule has 0 amide bonds. The van der Waals surface area contributed by atoms with Crippen molar-refractivity contribution in [1.82, 2.24) is 9.97 Å². The van der Waals surface area contributed by atoms with Gasteiger partial charge in [0.05, 0.1) is 0 Å². The van der Waals surface area contributed by atoms with E-state index >= 15 is 0 Å². The van der Waals surface area contributed by atoms with Gasteiger partial charge in [0.25, 0.3) is 0 Å². The number of nitrogens with zero attached hydrogens (tertiary/aromatic N) is 1. The first kappa shape index (κ1) is 4.83. The topological polar surface area (TPSA) is 71.8 Å². The van der Waals surface area contributed by atoms with Crippen LogP contribution in [0.1, 0.15) is 0 Å². The average Bonchev–Trinajstić information content (AvgIpc) is 1.64. The van der Waals surface area contributed by atoms with Crippen molar-refractivity contribution in [2.24, 2.45) is 0 Å². The summed E-state index contributed by atoms with van der Waals surface area (Å²) in [4.78, 5) is 15.9. The molecular weight excluding hydrogens is 111 g/mol. The van der Waals surface area contributed by atoms with Crippen LogP contribution in [0, 0.1) is 0 Å². The number of aromatic nitrogens is 2. The smallest absolute Gasteiger partial charge is 0.346 e. The molecule has 4 heteroatoms. The Kier molecular flexibility index (Phi) is 0.997. The molecule has 1 rings (SSSR count). The monoisotopic (exact) mass is 116 g/mol. The molecule has 4 nitrogen and oxygen atoms in total. The summed E-state index contributed by atoms with van der Waals surface area (Å²) in [6.07, 6.45) is 1.45. The Morgan fingerprint density at radius 2 is 2.50 bits per heavy atom. The molecule has 0 radical (unpaired) electrons. The summed E-state index contributed by atoms with van der Waals surface area (Å²) in [5.41, 5.74) is 4.72. The van der Waals surface area contributed by atoms with Gasteiger partial charge in [-0.05, 0) is 6.07 Å². The minimum absolute atomic E-state index is 0.244. The van der Waals surface area contributed by atoms with E-state index in [1.165, 1.54) is 12.3 Å². The van der Waals surface area contributed by atoms with Gasteiger partial charge in [0.2, 0.25) is 0 Å². The summed E-state index contributed by atoms with van der Waals surface area (Å²) in [6, 6.07) is 1.52. The number of anilines is 1. The van der Waals surface area contributed by atoms with Gasteiger partial charge in [0.15, 0.2) is 0 Å². The molecule has 3 N–H and O–H groups in total. The lowest BCUT2D eigenvalue weighted by atomic mass is 10.9. The van der Waals surface area contributed by atoms with E-state index in [-0.39, 0.29) is 5.82 Å². The third-order valence-electron chi connectivity index (χ3n) is 0.692. The molecule has 1 aromatic rings. The summed E-state index contributed by atoms with van der Waals surface area (Å²) >= 11 is 0. The number of rotatable bonds is 0. The second-order valence-electron chi connectivity index (χ2n) is 1.32. The highest BCUT2D eigenvalue weighted by Crippen LogP contribution is 1.82. The summed E-state index contributed by atoms with van der Waals surface area (Å²) in [5, 5.41) is 0. The Morgan fingerprint density at radius 1 is 1.75 bits per heavy atom. The normalized spacial score (nSPS) is 9.00. The van der Waals surface area contributed by atoms with Gasteiger partial charge in [-0.15, -0.1) is 0 Å². The third-order valence-corrected chi connectivity index (χ3v) is 0.692. The first-order valence-electron chi connectivity index (χ1n) is 2.10. The number of H-pyrrole nitrogens is 1. The first-order chi connectivity index (χ1) is 3.79. The molecular formula is C4H5N3O. The molecule has 0 fully saturated rings. The summed E-state index contributed by atoms with van der Waals surface area (Å²) in [5.74, 6) is 0.244. The van der Waals surface area contributed by atoms with Gasteiger partial charge in [0, 0.05) is 6.20 Å². The zero-order chi connectivity index (χ0) is 5.98. The fourth-order valence-corrected chi connectivity index (χ4v) is 0.385. The fraction of sp³-hybridized carbons (Fsp3) is 0. The first-order valence-corrected chi connectivity index (χ1v) is 2.10. The molecule has 0 aromatic carbocycles. The average molecular weight is 116 g/mol. The molecule has 0 unspecified atom stereocenters. The third kappa shape index (κ3) is 0.841. The largest absolute Gasteiger partial charge is 0.383 e. The lowest BCUT2D eigenvalue weighted by molar-refractivity contribution is 1.08. The number of nitrogens with one attached hydrogen (secondary N) is 1. The van der Waals surface area contributed by atoms with Crippen molar-refractivity contribution in [3.63, 3.8) is 0 Å². The Bertz CT molecular complexity index is 229. The molecule has 0 saturated heterocycles. The Hall–Kier alpha value is -1.32. The van der Waals surface area contributed by atoms with Gasteiger partial charge >= 0.3 is 5.69 Å². The van der Waals surface area contributed by atoms with Crippen molar-refractivity contribution in [2.75, 3.05) is 5.73 Å². The van der Waals surface area contributed by atoms with Crippen molar-refractivity contribution in [3.05, 3.63) is 22.7 Å². The van der Waals surface area contributed by atoms with Crippen LogP contribution < -0.4 is 11.4 Å². The number of nitrogen functional groups attached to an aromatic ring is 1. The minimum Gasteiger partial charge on any atom is -0.383 e. The molecule has 0 atom stereocenters. The molecule has 1 heterocycles. The number of hydrogen-bond donors (Lipinski definition) is 2. The van der Waals surface area contributed by atoms with Crippen molar-refractivity contribution in [3.8, 4) is 0 Å². The van der Waals surface area contributed by atoms with Gasteiger partial charge in [-0.2, -0.15) is 4.98 Å². The van der Waals surface area contributed by atoms with Gasteiger partial charge in [0.1, 0.15) is 5.82 Å². The predicted molar refractivity (Wildman–Crippen MR) is 29.3 cm³/mol. The Balaban J connectivity index is 3.28. The molecule has 0 saturated carbocycles. The highest BCUT2D eigenvalue weighted by atomic mass is 16.3. The summed E-state index contributed by atoms with van der Waals surface area (Å²) < 4.78 is 0. The van der Waals surface area contributed by atoms with Gasteiger partial charge in [-0.3, -0.25) is 0 Å². The number of aromatic amines is 1. The molecule has 0 spiro atoms. The molecule has 0 bridgehead atoms. The zero-order valence-electron chi connectivity index (χ0n) is 4.09. The van der Waals surface area contributed by atoms with E-state index in [2.05, 4.69) is 9.97 Å².